The number of likely N-dealkylation sites (N-methyl/N-ethyl adjacent to an activating group) is 1. The Morgan fingerprint density at radius 3 is 2.90 bits per heavy atom. The van der Waals surface area contributed by atoms with E-state index in [-0.39, 0.29) is 0 Å². The van der Waals surface area contributed by atoms with E-state index in [9.17, 15) is 8.42 Å². The zero-order chi connectivity index (χ0) is 14.8. The molecule has 0 saturated carbocycles. The summed E-state index contributed by atoms with van der Waals surface area (Å²) in [7, 11) is 2.49. The van der Waals surface area contributed by atoms with Crippen molar-refractivity contribution in [3.63, 3.8) is 0 Å². The van der Waals surface area contributed by atoms with Crippen LogP contribution in [0.1, 0.15) is 17.7 Å². The highest BCUT2D eigenvalue weighted by Gasteiger charge is 2.32. The van der Waals surface area contributed by atoms with Crippen molar-refractivity contribution in [3.8, 4) is 0 Å². The summed E-state index contributed by atoms with van der Waals surface area (Å²) in [6, 6.07) is 2.04. The van der Waals surface area contributed by atoms with E-state index in [1.807, 2.05) is 26.5 Å². The Hall–Kier alpha value is -0.470. The molecule has 1 aliphatic heterocycles. The van der Waals surface area contributed by atoms with Gasteiger partial charge in [0.15, 0.2) is 0 Å². The van der Waals surface area contributed by atoms with Crippen LogP contribution < -0.4 is 5.32 Å². The van der Waals surface area contributed by atoms with E-state index in [0.717, 1.165) is 17.7 Å². The zero-order valence-electron chi connectivity index (χ0n) is 12.3. The Kier molecular flexibility index (Phi) is 5.19. The Bertz CT molecular complexity index is 540. The van der Waals surface area contributed by atoms with E-state index in [1.165, 1.54) is 11.3 Å². The second kappa shape index (κ2) is 6.53. The van der Waals surface area contributed by atoms with Gasteiger partial charge < -0.3 is 10.2 Å². The largest absolute Gasteiger partial charge is 0.315 e. The van der Waals surface area contributed by atoms with Gasteiger partial charge in [-0.1, -0.05) is 0 Å². The molecule has 0 spiro atoms. The van der Waals surface area contributed by atoms with Gasteiger partial charge in [0.2, 0.25) is 10.0 Å². The summed E-state index contributed by atoms with van der Waals surface area (Å²) in [5.74, 6) is 0. The first kappa shape index (κ1) is 15.9. The average molecular weight is 317 g/mol. The van der Waals surface area contributed by atoms with Crippen molar-refractivity contribution in [2.75, 3.05) is 34.2 Å². The lowest BCUT2D eigenvalue weighted by atomic mass is 10.1. The van der Waals surface area contributed by atoms with E-state index in [1.54, 1.807) is 10.4 Å². The van der Waals surface area contributed by atoms with Crippen molar-refractivity contribution in [2.45, 2.75) is 30.3 Å². The first-order valence-electron chi connectivity index (χ1n) is 6.84. The molecule has 0 radical (unpaired) electrons. The first-order chi connectivity index (χ1) is 9.46. The first-order valence-corrected chi connectivity index (χ1v) is 9.16. The molecule has 0 aromatic carbocycles. The minimum absolute atomic E-state index is 0.310. The van der Waals surface area contributed by atoms with Gasteiger partial charge in [0.1, 0.15) is 0 Å². The van der Waals surface area contributed by atoms with Crippen molar-refractivity contribution in [1.82, 2.24) is 14.5 Å². The Labute approximate surface area is 125 Å². The topological polar surface area (TPSA) is 52.7 Å². The van der Waals surface area contributed by atoms with Crippen molar-refractivity contribution in [3.05, 3.63) is 16.3 Å². The molecular weight excluding hydrogens is 294 g/mol. The predicted molar refractivity (Wildman–Crippen MR) is 82.6 cm³/mol. The SMILES string of the molecule is CNCc1sccc1S(=O)(=O)N1CCCC(N(C)C)C1. The number of piperidine rings is 1. The molecule has 5 nitrogen and oxygen atoms in total. The van der Waals surface area contributed by atoms with Crippen LogP contribution in [0.25, 0.3) is 0 Å². The normalized spacial score (nSPS) is 21.5. The molecule has 0 amide bonds. The molecule has 0 aliphatic carbocycles. The van der Waals surface area contributed by atoms with Crippen molar-refractivity contribution in [2.24, 2.45) is 0 Å². The minimum atomic E-state index is -3.36. The zero-order valence-corrected chi connectivity index (χ0v) is 13.9. The molecule has 7 heteroatoms. The smallest absolute Gasteiger partial charge is 0.244 e. The van der Waals surface area contributed by atoms with E-state index in [4.69, 9.17) is 0 Å². The third-order valence-electron chi connectivity index (χ3n) is 3.75. The van der Waals surface area contributed by atoms with Gasteiger partial charge in [0.25, 0.3) is 0 Å². The van der Waals surface area contributed by atoms with Crippen molar-refractivity contribution in [1.29, 1.82) is 0 Å². The Morgan fingerprint density at radius 2 is 2.25 bits per heavy atom. The minimum Gasteiger partial charge on any atom is -0.315 e. The highest BCUT2D eigenvalue weighted by atomic mass is 32.2. The molecule has 1 unspecified atom stereocenters. The number of nitrogens with one attached hydrogen (secondary N) is 1. The maximum absolute atomic E-state index is 12.8. The fraction of sp³-hybridized carbons (Fsp3) is 0.692. The van der Waals surface area contributed by atoms with Crippen LogP contribution in [0.15, 0.2) is 16.3 Å². The van der Waals surface area contributed by atoms with Gasteiger partial charge in [-0.15, -0.1) is 11.3 Å². The maximum atomic E-state index is 12.8. The fourth-order valence-corrected chi connectivity index (χ4v) is 5.49. The number of thiophene rings is 1. The highest BCUT2D eigenvalue weighted by molar-refractivity contribution is 7.89. The molecule has 1 atom stereocenters. The molecule has 0 bridgehead atoms. The molecule has 1 N–H and O–H groups in total. The summed E-state index contributed by atoms with van der Waals surface area (Å²) in [6.07, 6.45) is 1.99. The van der Waals surface area contributed by atoms with Crippen molar-refractivity contribution < 1.29 is 8.42 Å². The fourth-order valence-electron chi connectivity index (χ4n) is 2.55. The van der Waals surface area contributed by atoms with Gasteiger partial charge in [-0.05, 0) is 45.4 Å². The quantitative estimate of drug-likeness (QED) is 0.886. The molecule has 114 valence electrons. The van der Waals surface area contributed by atoms with Gasteiger partial charge >= 0.3 is 0 Å². The van der Waals surface area contributed by atoms with Crippen LogP contribution in [0.3, 0.4) is 0 Å². The summed E-state index contributed by atoms with van der Waals surface area (Å²) in [5.41, 5.74) is 0. The van der Waals surface area contributed by atoms with Gasteiger partial charge in [0.05, 0.1) is 4.90 Å². The predicted octanol–water partition coefficient (Wildman–Crippen LogP) is 1.18. The second-order valence-corrected chi connectivity index (χ2v) is 8.27. The monoisotopic (exact) mass is 317 g/mol. The van der Waals surface area contributed by atoms with E-state index < -0.39 is 10.0 Å². The Morgan fingerprint density at radius 1 is 1.50 bits per heavy atom. The molecule has 1 aliphatic rings. The molecule has 1 fully saturated rings. The van der Waals surface area contributed by atoms with Crippen LogP contribution in [0.4, 0.5) is 0 Å². The number of hydrogen-bond donors (Lipinski definition) is 1. The standard InChI is InChI=1S/C13H23N3O2S2/c1-14-9-12-13(6-8-19-12)20(17,18)16-7-4-5-11(10-16)15(2)3/h6,8,11,14H,4-5,7,9-10H2,1-3H3. The van der Waals surface area contributed by atoms with Crippen LogP contribution >= 0.6 is 11.3 Å². The second-order valence-electron chi connectivity index (χ2n) is 5.36. The molecular formula is C13H23N3O2S2. The third-order valence-corrected chi connectivity index (χ3v) is 6.75. The number of sulfonamides is 1. The van der Waals surface area contributed by atoms with Crippen LogP contribution in [-0.2, 0) is 16.6 Å². The molecule has 20 heavy (non-hydrogen) atoms. The van der Waals surface area contributed by atoms with E-state index >= 15 is 0 Å². The van der Waals surface area contributed by atoms with Gasteiger partial charge in [-0.2, -0.15) is 4.31 Å². The number of rotatable bonds is 5. The number of nitrogens with zero attached hydrogens (tertiary/aromatic N) is 2. The van der Waals surface area contributed by atoms with Gasteiger partial charge in [-0.25, -0.2) is 8.42 Å². The number of hydrogen-bond acceptors (Lipinski definition) is 5. The molecule has 1 aromatic heterocycles. The summed E-state index contributed by atoms with van der Waals surface area (Å²) >= 11 is 1.49. The van der Waals surface area contributed by atoms with Gasteiger partial charge in [-0.3, -0.25) is 0 Å². The molecule has 2 rings (SSSR count). The maximum Gasteiger partial charge on any atom is 0.244 e. The molecule has 1 saturated heterocycles. The summed E-state index contributed by atoms with van der Waals surface area (Å²) in [5, 5.41) is 4.89. The average Bonchev–Trinajstić information content (AvgIpc) is 2.88. The van der Waals surface area contributed by atoms with E-state index in [0.29, 0.717) is 30.6 Å². The lowest BCUT2D eigenvalue weighted by molar-refractivity contribution is 0.190. The van der Waals surface area contributed by atoms with Crippen LogP contribution in [0.5, 0.6) is 0 Å². The highest BCUT2D eigenvalue weighted by Crippen LogP contribution is 2.27. The lowest BCUT2D eigenvalue weighted by Gasteiger charge is -2.35. The summed E-state index contributed by atoms with van der Waals surface area (Å²) in [4.78, 5) is 3.47. The van der Waals surface area contributed by atoms with Crippen LogP contribution in [0.2, 0.25) is 0 Å². The Balaban J connectivity index is 2.23. The van der Waals surface area contributed by atoms with Crippen LogP contribution in [-0.4, -0.2) is 57.9 Å². The lowest BCUT2D eigenvalue weighted by Crippen LogP contribution is -2.47. The van der Waals surface area contributed by atoms with Gasteiger partial charge in [0, 0.05) is 30.6 Å². The third kappa shape index (κ3) is 3.23. The van der Waals surface area contributed by atoms with E-state index in [2.05, 4.69) is 10.2 Å². The van der Waals surface area contributed by atoms with Crippen LogP contribution in [0, 0.1) is 0 Å². The van der Waals surface area contributed by atoms with Crippen molar-refractivity contribution >= 4 is 21.4 Å². The molecule has 2 heterocycles. The summed E-state index contributed by atoms with van der Waals surface area (Å²) < 4.78 is 27.2. The summed E-state index contributed by atoms with van der Waals surface area (Å²) in [6.45, 7) is 1.81. The molecule has 1 aromatic rings.